The van der Waals surface area contributed by atoms with Gasteiger partial charge in [0.05, 0.1) is 0 Å². The molecule has 2 aromatic carbocycles. The van der Waals surface area contributed by atoms with E-state index in [0.717, 1.165) is 5.75 Å². The van der Waals surface area contributed by atoms with E-state index in [1.807, 2.05) is 42.5 Å². The van der Waals surface area contributed by atoms with E-state index in [1.54, 1.807) is 6.92 Å². The molecule has 1 unspecified atom stereocenters. The van der Waals surface area contributed by atoms with E-state index in [2.05, 4.69) is 32.9 Å². The molecule has 2 rings (SSSR count). The van der Waals surface area contributed by atoms with Crippen LogP contribution in [0.25, 0.3) is 0 Å². The first-order valence-electron chi connectivity index (χ1n) is 7.24. The normalized spacial score (nSPS) is 12.8. The molecule has 2 aromatic rings. The Bertz CT molecular complexity index is 592. The number of ketones is 1. The van der Waals surface area contributed by atoms with Crippen LogP contribution in [0.1, 0.15) is 43.6 Å². The van der Waals surface area contributed by atoms with Crippen LogP contribution < -0.4 is 4.74 Å². The van der Waals surface area contributed by atoms with Crippen LogP contribution in [0.4, 0.5) is 0 Å². The molecule has 0 amide bonds. The molecule has 0 fully saturated rings. The van der Waals surface area contributed by atoms with E-state index in [9.17, 15) is 4.79 Å². The standard InChI is InChI=1S/C19H22O2/c1-14(18(20)15-8-6-5-7-9-15)21-17-12-10-16(11-13-17)19(2,3)4/h5-14H,1-4H3. The smallest absolute Gasteiger partial charge is 0.202 e. The second-order valence-electron chi connectivity index (χ2n) is 6.26. The summed E-state index contributed by atoms with van der Waals surface area (Å²) in [5.74, 6) is 0.718. The molecule has 0 aromatic heterocycles. The van der Waals surface area contributed by atoms with E-state index in [4.69, 9.17) is 4.74 Å². The zero-order valence-electron chi connectivity index (χ0n) is 13.1. The van der Waals surface area contributed by atoms with Crippen molar-refractivity contribution in [2.24, 2.45) is 0 Å². The lowest BCUT2D eigenvalue weighted by Crippen LogP contribution is -2.23. The maximum Gasteiger partial charge on any atom is 0.202 e. The Kier molecular flexibility index (Phi) is 4.46. The van der Waals surface area contributed by atoms with E-state index in [-0.39, 0.29) is 11.2 Å². The van der Waals surface area contributed by atoms with Crippen LogP contribution in [0.3, 0.4) is 0 Å². The molecule has 1 atom stereocenters. The Balaban J connectivity index is 2.06. The summed E-state index contributed by atoms with van der Waals surface area (Å²) in [6.45, 7) is 8.30. The number of ether oxygens (including phenoxy) is 1. The summed E-state index contributed by atoms with van der Waals surface area (Å²) in [5, 5.41) is 0. The molecule has 21 heavy (non-hydrogen) atoms. The van der Waals surface area contributed by atoms with Crippen molar-refractivity contribution in [1.82, 2.24) is 0 Å². The van der Waals surface area contributed by atoms with Gasteiger partial charge in [0, 0.05) is 5.56 Å². The number of carbonyl (C=O) groups excluding carboxylic acids is 1. The van der Waals surface area contributed by atoms with Gasteiger partial charge in [0.2, 0.25) is 5.78 Å². The first-order valence-corrected chi connectivity index (χ1v) is 7.24. The van der Waals surface area contributed by atoms with Gasteiger partial charge in [0.15, 0.2) is 6.10 Å². The zero-order valence-corrected chi connectivity index (χ0v) is 13.1. The maximum absolute atomic E-state index is 12.3. The molecule has 0 saturated heterocycles. The lowest BCUT2D eigenvalue weighted by Gasteiger charge is -2.20. The van der Waals surface area contributed by atoms with Crippen molar-refractivity contribution >= 4 is 5.78 Å². The minimum absolute atomic E-state index is 0.00417. The molecule has 0 spiro atoms. The predicted molar refractivity (Wildman–Crippen MR) is 86.0 cm³/mol. The van der Waals surface area contributed by atoms with Crippen LogP contribution in [0.5, 0.6) is 5.75 Å². The Hall–Kier alpha value is -2.09. The van der Waals surface area contributed by atoms with Crippen LogP contribution in [0.15, 0.2) is 54.6 Å². The minimum Gasteiger partial charge on any atom is -0.483 e. The average Bonchev–Trinajstić information content (AvgIpc) is 2.47. The topological polar surface area (TPSA) is 26.3 Å². The Morgan fingerprint density at radius 3 is 2.05 bits per heavy atom. The maximum atomic E-state index is 12.3. The van der Waals surface area contributed by atoms with Gasteiger partial charge in [-0.3, -0.25) is 4.79 Å². The minimum atomic E-state index is -0.493. The van der Waals surface area contributed by atoms with Crippen molar-refractivity contribution in [2.75, 3.05) is 0 Å². The molecule has 0 bridgehead atoms. The van der Waals surface area contributed by atoms with Gasteiger partial charge >= 0.3 is 0 Å². The quantitative estimate of drug-likeness (QED) is 0.764. The molecule has 0 aliphatic heterocycles. The molecule has 0 aliphatic carbocycles. The summed E-state index contributed by atoms with van der Waals surface area (Å²) in [5.41, 5.74) is 2.04. The third kappa shape index (κ3) is 3.94. The lowest BCUT2D eigenvalue weighted by atomic mass is 9.87. The predicted octanol–water partition coefficient (Wildman–Crippen LogP) is 4.63. The van der Waals surface area contributed by atoms with Gasteiger partial charge < -0.3 is 4.74 Å². The fourth-order valence-corrected chi connectivity index (χ4v) is 2.13. The Morgan fingerprint density at radius 2 is 1.52 bits per heavy atom. The number of carbonyl (C=O) groups is 1. The highest BCUT2D eigenvalue weighted by atomic mass is 16.5. The average molecular weight is 282 g/mol. The molecule has 0 aliphatic rings. The largest absolute Gasteiger partial charge is 0.483 e. The molecule has 2 nitrogen and oxygen atoms in total. The number of Topliss-reactive ketones (excluding diaryl/α,β-unsaturated/α-hetero) is 1. The van der Waals surface area contributed by atoms with Crippen LogP contribution in [-0.2, 0) is 5.41 Å². The molecule has 110 valence electrons. The highest BCUT2D eigenvalue weighted by Gasteiger charge is 2.17. The second-order valence-corrected chi connectivity index (χ2v) is 6.26. The molecule has 2 heteroatoms. The van der Waals surface area contributed by atoms with Crippen molar-refractivity contribution in [2.45, 2.75) is 39.2 Å². The van der Waals surface area contributed by atoms with Gasteiger partial charge in [0.1, 0.15) is 5.75 Å². The summed E-state index contributed by atoms with van der Waals surface area (Å²) in [4.78, 5) is 12.3. The molecule has 0 radical (unpaired) electrons. The molecule has 0 heterocycles. The van der Waals surface area contributed by atoms with Gasteiger partial charge in [-0.1, -0.05) is 63.2 Å². The first-order chi connectivity index (χ1) is 9.88. The van der Waals surface area contributed by atoms with Crippen molar-refractivity contribution in [3.8, 4) is 5.75 Å². The van der Waals surface area contributed by atoms with E-state index in [0.29, 0.717) is 5.56 Å². The SMILES string of the molecule is CC(Oc1ccc(C(C)(C)C)cc1)C(=O)c1ccccc1. The van der Waals surface area contributed by atoms with Gasteiger partial charge in [-0.05, 0) is 30.0 Å². The van der Waals surface area contributed by atoms with Crippen LogP contribution in [0, 0.1) is 0 Å². The summed E-state index contributed by atoms with van der Waals surface area (Å²) >= 11 is 0. The van der Waals surface area contributed by atoms with Crippen LogP contribution in [-0.4, -0.2) is 11.9 Å². The number of rotatable bonds is 4. The summed E-state index contributed by atoms with van der Waals surface area (Å²) in [6.07, 6.45) is -0.493. The lowest BCUT2D eigenvalue weighted by molar-refractivity contribution is 0.0818. The fourth-order valence-electron chi connectivity index (χ4n) is 2.13. The molecule has 0 N–H and O–H groups in total. The van der Waals surface area contributed by atoms with Crippen molar-refractivity contribution < 1.29 is 9.53 Å². The summed E-state index contributed by atoms with van der Waals surface area (Å²) in [7, 11) is 0. The van der Waals surface area contributed by atoms with Gasteiger partial charge in [-0.2, -0.15) is 0 Å². The second kappa shape index (κ2) is 6.13. The monoisotopic (exact) mass is 282 g/mol. The first kappa shape index (κ1) is 15.3. The van der Waals surface area contributed by atoms with Crippen molar-refractivity contribution in [3.05, 3.63) is 65.7 Å². The van der Waals surface area contributed by atoms with Gasteiger partial charge in [0.25, 0.3) is 0 Å². The summed E-state index contributed by atoms with van der Waals surface area (Å²) in [6, 6.07) is 17.2. The highest BCUT2D eigenvalue weighted by Crippen LogP contribution is 2.24. The fraction of sp³-hybridized carbons (Fsp3) is 0.316. The third-order valence-electron chi connectivity index (χ3n) is 3.46. The number of hydrogen-bond donors (Lipinski definition) is 0. The Morgan fingerprint density at radius 1 is 0.952 bits per heavy atom. The summed E-state index contributed by atoms with van der Waals surface area (Å²) < 4.78 is 5.75. The number of hydrogen-bond acceptors (Lipinski definition) is 2. The van der Waals surface area contributed by atoms with Crippen molar-refractivity contribution in [1.29, 1.82) is 0 Å². The molecular formula is C19H22O2. The van der Waals surface area contributed by atoms with Gasteiger partial charge in [-0.15, -0.1) is 0 Å². The molecular weight excluding hydrogens is 260 g/mol. The van der Waals surface area contributed by atoms with Crippen molar-refractivity contribution in [3.63, 3.8) is 0 Å². The third-order valence-corrected chi connectivity index (χ3v) is 3.46. The zero-order chi connectivity index (χ0) is 15.5. The van der Waals surface area contributed by atoms with E-state index in [1.165, 1.54) is 5.56 Å². The Labute approximate surface area is 126 Å². The highest BCUT2D eigenvalue weighted by molar-refractivity contribution is 5.99. The van der Waals surface area contributed by atoms with E-state index < -0.39 is 6.10 Å². The molecule has 0 saturated carbocycles. The van der Waals surface area contributed by atoms with Gasteiger partial charge in [-0.25, -0.2) is 0 Å². The van der Waals surface area contributed by atoms with Crippen LogP contribution >= 0.6 is 0 Å². The number of benzene rings is 2. The van der Waals surface area contributed by atoms with Crippen LogP contribution in [0.2, 0.25) is 0 Å². The van der Waals surface area contributed by atoms with E-state index >= 15 is 0 Å².